The van der Waals surface area contributed by atoms with Crippen LogP contribution in [0.5, 0.6) is 23.0 Å². The number of halogens is 1. The fraction of sp³-hybridized carbons (Fsp3) is 0.278. The summed E-state index contributed by atoms with van der Waals surface area (Å²) in [7, 11) is 1.61. The van der Waals surface area contributed by atoms with E-state index in [0.717, 1.165) is 12.0 Å². The molecule has 0 spiro atoms. The van der Waals surface area contributed by atoms with Crippen molar-refractivity contribution in [1.29, 1.82) is 0 Å². The van der Waals surface area contributed by atoms with Gasteiger partial charge in [0.15, 0.2) is 11.5 Å². The van der Waals surface area contributed by atoms with Crippen LogP contribution in [0.15, 0.2) is 40.9 Å². The molecule has 0 saturated carbocycles. The highest BCUT2D eigenvalue weighted by atomic mass is 79.9. The van der Waals surface area contributed by atoms with Gasteiger partial charge in [-0.25, -0.2) is 0 Å². The lowest BCUT2D eigenvalue weighted by Crippen LogP contribution is -2.10. The lowest BCUT2D eigenvalue weighted by Gasteiger charge is -2.14. The highest BCUT2D eigenvalue weighted by molar-refractivity contribution is 9.10. The molecule has 24 heavy (non-hydrogen) atoms. The molecule has 0 amide bonds. The Balaban J connectivity index is 1.97. The lowest BCUT2D eigenvalue weighted by atomic mass is 10.2. The highest BCUT2D eigenvalue weighted by Crippen LogP contribution is 2.36. The van der Waals surface area contributed by atoms with E-state index in [2.05, 4.69) is 15.9 Å². The molecular weight excluding hydrogens is 376 g/mol. The minimum absolute atomic E-state index is 0.330. The maximum atomic E-state index is 10.9. The molecule has 0 saturated heterocycles. The third-order valence-corrected chi connectivity index (χ3v) is 3.70. The zero-order chi connectivity index (χ0) is 17.4. The van der Waals surface area contributed by atoms with Gasteiger partial charge in [0.05, 0.1) is 18.2 Å². The van der Waals surface area contributed by atoms with Crippen molar-refractivity contribution in [3.8, 4) is 23.0 Å². The first-order valence-electron chi connectivity index (χ1n) is 7.49. The van der Waals surface area contributed by atoms with Gasteiger partial charge in [0, 0.05) is 11.6 Å². The molecule has 0 aliphatic rings. The van der Waals surface area contributed by atoms with Crippen LogP contribution in [0, 0.1) is 0 Å². The van der Waals surface area contributed by atoms with Gasteiger partial charge in [-0.3, -0.25) is 4.79 Å². The Labute approximate surface area is 149 Å². The van der Waals surface area contributed by atoms with Crippen LogP contribution in [-0.4, -0.2) is 33.2 Å². The van der Waals surface area contributed by atoms with Crippen LogP contribution in [0.2, 0.25) is 0 Å². The highest BCUT2D eigenvalue weighted by Gasteiger charge is 2.12. The van der Waals surface area contributed by atoms with Crippen molar-refractivity contribution in [2.24, 2.45) is 0 Å². The first-order chi connectivity index (χ1) is 11.7. The van der Waals surface area contributed by atoms with Gasteiger partial charge >= 0.3 is 0 Å². The summed E-state index contributed by atoms with van der Waals surface area (Å²) in [5.74, 6) is 2.52. The summed E-state index contributed by atoms with van der Waals surface area (Å²) in [5.41, 5.74) is 0.519. The molecule has 0 bridgehead atoms. The number of methoxy groups -OCH3 is 1. The average Bonchev–Trinajstić information content (AvgIpc) is 2.60. The van der Waals surface area contributed by atoms with E-state index < -0.39 is 0 Å². The maximum Gasteiger partial charge on any atom is 0.175 e. The van der Waals surface area contributed by atoms with Gasteiger partial charge in [-0.1, -0.05) is 6.07 Å². The van der Waals surface area contributed by atoms with Gasteiger partial charge in [-0.15, -0.1) is 0 Å². The molecule has 0 radical (unpaired) electrons. The Morgan fingerprint density at radius 1 is 1.04 bits per heavy atom. The molecule has 128 valence electrons. The van der Waals surface area contributed by atoms with E-state index in [9.17, 15) is 4.79 Å². The van der Waals surface area contributed by atoms with Crippen LogP contribution in [0.25, 0.3) is 0 Å². The molecule has 0 heterocycles. The van der Waals surface area contributed by atoms with Gasteiger partial charge in [0.25, 0.3) is 0 Å². The van der Waals surface area contributed by atoms with E-state index in [-0.39, 0.29) is 0 Å². The quantitative estimate of drug-likeness (QED) is 0.472. The fourth-order valence-corrected chi connectivity index (χ4v) is 2.63. The van der Waals surface area contributed by atoms with Gasteiger partial charge in [0.2, 0.25) is 0 Å². The Morgan fingerprint density at radius 2 is 1.79 bits per heavy atom. The van der Waals surface area contributed by atoms with Gasteiger partial charge in [-0.05, 0) is 47.1 Å². The van der Waals surface area contributed by atoms with Crippen LogP contribution in [-0.2, 0) is 0 Å². The third kappa shape index (κ3) is 4.89. The minimum Gasteiger partial charge on any atom is -0.497 e. The van der Waals surface area contributed by atoms with Crippen molar-refractivity contribution in [2.75, 3.05) is 26.9 Å². The van der Waals surface area contributed by atoms with Gasteiger partial charge < -0.3 is 18.9 Å². The molecule has 2 aromatic carbocycles. The third-order valence-electron chi connectivity index (χ3n) is 3.11. The van der Waals surface area contributed by atoms with E-state index in [1.54, 1.807) is 25.3 Å². The molecule has 0 fully saturated rings. The van der Waals surface area contributed by atoms with E-state index in [1.165, 1.54) is 0 Å². The summed E-state index contributed by atoms with van der Waals surface area (Å²) in [6, 6.07) is 10.7. The van der Waals surface area contributed by atoms with E-state index in [1.807, 2.05) is 25.1 Å². The smallest absolute Gasteiger partial charge is 0.175 e. The monoisotopic (exact) mass is 394 g/mol. The van der Waals surface area contributed by atoms with Crippen molar-refractivity contribution < 1.29 is 23.7 Å². The molecule has 0 aromatic heterocycles. The molecule has 2 rings (SSSR count). The normalized spacial score (nSPS) is 10.1. The van der Waals surface area contributed by atoms with Crippen molar-refractivity contribution in [3.63, 3.8) is 0 Å². The number of carbonyl (C=O) groups excluding carboxylic acids is 1. The minimum atomic E-state index is 0.330. The second kappa shape index (κ2) is 9.17. The SMILES string of the molecule is CCOc1cc(C=O)cc(Br)c1OCCOc1cccc(OC)c1. The second-order valence-electron chi connectivity index (χ2n) is 4.76. The fourth-order valence-electron chi connectivity index (χ4n) is 2.05. The maximum absolute atomic E-state index is 10.9. The number of hydrogen-bond acceptors (Lipinski definition) is 5. The van der Waals surface area contributed by atoms with Crippen molar-refractivity contribution in [3.05, 3.63) is 46.4 Å². The summed E-state index contributed by atoms with van der Waals surface area (Å²) >= 11 is 3.40. The molecular formula is C18H19BrO5. The molecule has 0 unspecified atom stereocenters. The van der Waals surface area contributed by atoms with E-state index in [0.29, 0.717) is 47.1 Å². The Hall–Kier alpha value is -2.21. The first kappa shape index (κ1) is 18.1. The van der Waals surface area contributed by atoms with E-state index >= 15 is 0 Å². The molecule has 0 aliphatic carbocycles. The largest absolute Gasteiger partial charge is 0.497 e. The summed E-state index contributed by atoms with van der Waals surface area (Å²) in [6.45, 7) is 3.04. The van der Waals surface area contributed by atoms with Crippen molar-refractivity contribution in [1.82, 2.24) is 0 Å². The first-order valence-corrected chi connectivity index (χ1v) is 8.28. The van der Waals surface area contributed by atoms with Crippen LogP contribution in [0.4, 0.5) is 0 Å². The predicted octanol–water partition coefficient (Wildman–Crippen LogP) is 4.13. The van der Waals surface area contributed by atoms with Gasteiger partial charge in [-0.2, -0.15) is 0 Å². The van der Waals surface area contributed by atoms with Crippen molar-refractivity contribution >= 4 is 22.2 Å². The second-order valence-corrected chi connectivity index (χ2v) is 5.61. The number of rotatable bonds is 9. The summed E-state index contributed by atoms with van der Waals surface area (Å²) in [6.07, 6.45) is 0.767. The number of ether oxygens (including phenoxy) is 4. The van der Waals surface area contributed by atoms with Crippen molar-refractivity contribution in [2.45, 2.75) is 6.92 Å². The number of aldehydes is 1. The van der Waals surface area contributed by atoms with Crippen LogP contribution < -0.4 is 18.9 Å². The topological polar surface area (TPSA) is 54.0 Å². The molecule has 0 atom stereocenters. The molecule has 0 aliphatic heterocycles. The zero-order valence-corrected chi connectivity index (χ0v) is 15.2. The standard InChI is InChI=1S/C18H19BrO5/c1-3-22-17-10-13(12-20)9-16(19)18(17)24-8-7-23-15-6-4-5-14(11-15)21-2/h4-6,9-12H,3,7-8H2,1-2H3. The van der Waals surface area contributed by atoms with E-state index in [4.69, 9.17) is 18.9 Å². The van der Waals surface area contributed by atoms with Gasteiger partial charge in [0.1, 0.15) is 31.0 Å². The number of carbonyl (C=O) groups is 1. The average molecular weight is 395 g/mol. The molecule has 0 N–H and O–H groups in total. The summed E-state index contributed by atoms with van der Waals surface area (Å²) < 4.78 is 22.7. The lowest BCUT2D eigenvalue weighted by molar-refractivity contribution is 0.112. The summed E-state index contributed by atoms with van der Waals surface area (Å²) in [5, 5.41) is 0. The predicted molar refractivity (Wildman–Crippen MR) is 94.7 cm³/mol. The van der Waals surface area contributed by atoms with Crippen LogP contribution in [0.1, 0.15) is 17.3 Å². The Kier molecular flexibility index (Phi) is 6.93. The zero-order valence-electron chi connectivity index (χ0n) is 13.6. The molecule has 5 nitrogen and oxygen atoms in total. The molecule has 6 heteroatoms. The number of benzene rings is 2. The molecule has 2 aromatic rings. The Morgan fingerprint density at radius 3 is 2.50 bits per heavy atom. The van der Waals surface area contributed by atoms with Crippen LogP contribution >= 0.6 is 15.9 Å². The summed E-state index contributed by atoms with van der Waals surface area (Å²) in [4.78, 5) is 10.9. The van der Waals surface area contributed by atoms with Crippen LogP contribution in [0.3, 0.4) is 0 Å². The number of hydrogen-bond donors (Lipinski definition) is 0. The Bertz CT molecular complexity index is 687.